The highest BCUT2D eigenvalue weighted by Crippen LogP contribution is 2.47. The second-order valence-corrected chi connectivity index (χ2v) is 10.8. The van der Waals surface area contributed by atoms with Gasteiger partial charge in [-0.2, -0.15) is 0 Å². The van der Waals surface area contributed by atoms with Crippen molar-refractivity contribution in [2.24, 2.45) is 20.5 Å². The lowest BCUT2D eigenvalue weighted by Crippen LogP contribution is -2.58. The number of hydrogen-bond donors (Lipinski definition) is 0. The zero-order valence-corrected chi connectivity index (χ0v) is 22.9. The molecule has 1 aromatic carbocycles. The summed E-state index contributed by atoms with van der Waals surface area (Å²) in [5, 5.41) is 15.5. The van der Waals surface area contributed by atoms with E-state index >= 15 is 0 Å². The summed E-state index contributed by atoms with van der Waals surface area (Å²) in [4.78, 5) is 11.9. The first-order chi connectivity index (χ1) is 20.6. The average molecular weight is 581 g/mol. The fourth-order valence-electron chi connectivity index (χ4n) is 6.32. The molecule has 5 rings (SSSR count). The summed E-state index contributed by atoms with van der Waals surface area (Å²) in [6, 6.07) is 7.31. The minimum atomic E-state index is -1.10. The Labute approximate surface area is 240 Å². The van der Waals surface area contributed by atoms with Crippen LogP contribution in [0, 0.1) is 0 Å². The topological polar surface area (TPSA) is 241 Å². The minimum Gasteiger partial charge on any atom is -0.371 e. The summed E-state index contributed by atoms with van der Waals surface area (Å²) >= 11 is 0. The summed E-state index contributed by atoms with van der Waals surface area (Å²) in [7, 11) is 0. The highest BCUT2D eigenvalue weighted by atomic mass is 16.8. The normalized spacial score (nSPS) is 35.0. The largest absolute Gasteiger partial charge is 0.371 e. The van der Waals surface area contributed by atoms with Gasteiger partial charge in [0.15, 0.2) is 12.1 Å². The molecule has 4 aliphatic rings. The van der Waals surface area contributed by atoms with Gasteiger partial charge in [-0.1, -0.05) is 57.2 Å². The van der Waals surface area contributed by atoms with Gasteiger partial charge >= 0.3 is 0 Å². The van der Waals surface area contributed by atoms with Gasteiger partial charge in [-0.15, -0.1) is 0 Å². The maximum Gasteiger partial charge on any atom is 0.169 e. The molecule has 0 radical (unpaired) electrons. The molecular formula is C25H32N12O5. The third-order valence-electron chi connectivity index (χ3n) is 8.24. The minimum absolute atomic E-state index is 0.0447. The van der Waals surface area contributed by atoms with Crippen LogP contribution in [0.2, 0.25) is 0 Å². The average Bonchev–Trinajstić information content (AvgIpc) is 3.37. The van der Waals surface area contributed by atoms with Crippen LogP contribution >= 0.6 is 0 Å². The van der Waals surface area contributed by atoms with Crippen molar-refractivity contribution in [3.8, 4) is 0 Å². The number of hydrogen-bond acceptors (Lipinski definition) is 9. The molecule has 0 aromatic heterocycles. The Hall–Kier alpha value is -3.74. The highest BCUT2D eigenvalue weighted by molar-refractivity contribution is 5.13. The molecule has 17 nitrogen and oxygen atoms in total. The molecule has 0 amide bonds. The molecule has 2 saturated heterocycles. The quantitative estimate of drug-likeness (QED) is 0.176. The number of benzene rings is 1. The molecule has 17 heteroatoms. The predicted molar refractivity (Wildman–Crippen MR) is 146 cm³/mol. The van der Waals surface area contributed by atoms with Gasteiger partial charge in [0.1, 0.15) is 6.10 Å². The SMILES string of the molecule is [N-]=[N+]=NC[C@H]1O[C@H](O[C@H]2[C@@H]3OC4(CCCCC4)O[C@H]3[C@H](N=[N+]=[N-])C[C@@H]2N=[N+]=[N-])[C@H](N=[N+]=[N-])C[C@@H]1OCc1ccccc1. The van der Waals surface area contributed by atoms with Crippen molar-refractivity contribution in [1.29, 1.82) is 0 Å². The van der Waals surface area contributed by atoms with Gasteiger partial charge < -0.3 is 23.7 Å². The Kier molecular flexibility index (Phi) is 9.88. The monoisotopic (exact) mass is 580 g/mol. The molecule has 1 spiro atoms. The van der Waals surface area contributed by atoms with Gasteiger partial charge in [0.05, 0.1) is 55.7 Å². The van der Waals surface area contributed by atoms with Crippen molar-refractivity contribution in [1.82, 2.24) is 0 Å². The van der Waals surface area contributed by atoms with Crippen molar-refractivity contribution in [3.05, 3.63) is 77.7 Å². The summed E-state index contributed by atoms with van der Waals surface area (Å²) in [5.41, 5.74) is 37.9. The molecule has 222 valence electrons. The fourth-order valence-corrected chi connectivity index (χ4v) is 6.32. The molecule has 2 saturated carbocycles. The number of nitrogens with zero attached hydrogens (tertiary/aromatic N) is 12. The molecule has 9 atom stereocenters. The Balaban J connectivity index is 1.40. The second-order valence-electron chi connectivity index (χ2n) is 10.8. The smallest absolute Gasteiger partial charge is 0.169 e. The van der Waals surface area contributed by atoms with Crippen molar-refractivity contribution in [2.45, 2.75) is 112 Å². The first kappa shape index (κ1) is 29.7. The molecule has 0 bridgehead atoms. The van der Waals surface area contributed by atoms with Crippen LogP contribution in [0.4, 0.5) is 0 Å². The molecule has 0 N–H and O–H groups in total. The molecule has 1 aromatic rings. The maximum atomic E-state index is 9.37. The van der Waals surface area contributed by atoms with Crippen LogP contribution in [0.25, 0.3) is 41.8 Å². The Morgan fingerprint density at radius 3 is 2.21 bits per heavy atom. The van der Waals surface area contributed by atoms with E-state index in [-0.39, 0.29) is 26.0 Å². The van der Waals surface area contributed by atoms with Crippen LogP contribution in [-0.4, -0.2) is 67.3 Å². The van der Waals surface area contributed by atoms with Crippen molar-refractivity contribution >= 4 is 0 Å². The number of ether oxygens (including phenoxy) is 5. The molecular weight excluding hydrogens is 548 g/mol. The van der Waals surface area contributed by atoms with E-state index < -0.39 is 60.7 Å². The van der Waals surface area contributed by atoms with Gasteiger partial charge in [-0.3, -0.25) is 0 Å². The second kappa shape index (κ2) is 14.0. The zero-order chi connectivity index (χ0) is 29.4. The summed E-state index contributed by atoms with van der Waals surface area (Å²) in [6.45, 7) is 0.229. The third-order valence-corrected chi connectivity index (χ3v) is 8.24. The summed E-state index contributed by atoms with van der Waals surface area (Å²) < 4.78 is 31.8. The van der Waals surface area contributed by atoms with Crippen LogP contribution < -0.4 is 0 Å². The van der Waals surface area contributed by atoms with E-state index in [4.69, 9.17) is 29.2 Å². The lowest BCUT2D eigenvalue weighted by Gasteiger charge is -2.44. The van der Waals surface area contributed by atoms with Crippen molar-refractivity contribution in [2.75, 3.05) is 6.54 Å². The third kappa shape index (κ3) is 6.66. The molecule has 2 aliphatic heterocycles. The molecule has 2 aliphatic carbocycles. The zero-order valence-electron chi connectivity index (χ0n) is 22.9. The number of azide groups is 4. The molecule has 2 heterocycles. The first-order valence-electron chi connectivity index (χ1n) is 14.1. The summed E-state index contributed by atoms with van der Waals surface area (Å²) in [6.07, 6.45) is 0.0674. The Bertz CT molecular complexity index is 1270. The van der Waals surface area contributed by atoms with Crippen LogP contribution in [0.1, 0.15) is 50.5 Å². The number of rotatable bonds is 10. The molecule has 0 unspecified atom stereocenters. The lowest BCUT2D eigenvalue weighted by molar-refractivity contribution is -0.272. The fraction of sp³-hybridized carbons (Fsp3) is 0.760. The highest BCUT2D eigenvalue weighted by Gasteiger charge is 2.58. The van der Waals surface area contributed by atoms with E-state index in [2.05, 4.69) is 40.1 Å². The van der Waals surface area contributed by atoms with Crippen LogP contribution in [0.15, 0.2) is 50.8 Å². The molecule has 42 heavy (non-hydrogen) atoms. The van der Waals surface area contributed by atoms with Gasteiger partial charge in [-0.05, 0) is 53.4 Å². The Morgan fingerprint density at radius 1 is 0.810 bits per heavy atom. The predicted octanol–water partition coefficient (Wildman–Crippen LogP) is 6.27. The maximum absolute atomic E-state index is 9.37. The standard InChI is InChI=1S/C25H32N12O5/c26-34-30-13-20-19(38-14-15-7-3-1-4-8-15)12-18(33-37-29)24(39-20)40-21-16(31-35-27)11-17(32-36-28)22-23(21)42-25(41-22)9-5-2-6-10-25/h1,3-4,7-8,16-24H,2,5-6,9-14H2/t16-,17+,18+,19-,20+,21+,22-,23-,24+/m0/s1. The van der Waals surface area contributed by atoms with Crippen molar-refractivity contribution in [3.63, 3.8) is 0 Å². The van der Waals surface area contributed by atoms with Crippen LogP contribution in [0.5, 0.6) is 0 Å². The van der Waals surface area contributed by atoms with E-state index in [0.717, 1.165) is 24.8 Å². The van der Waals surface area contributed by atoms with Crippen molar-refractivity contribution < 1.29 is 23.7 Å². The van der Waals surface area contributed by atoms with E-state index in [1.165, 1.54) is 0 Å². The van der Waals surface area contributed by atoms with Gasteiger partial charge in [0.25, 0.3) is 0 Å². The van der Waals surface area contributed by atoms with Crippen LogP contribution in [-0.2, 0) is 30.3 Å². The Morgan fingerprint density at radius 2 is 1.50 bits per heavy atom. The van der Waals surface area contributed by atoms with Crippen LogP contribution in [0.3, 0.4) is 0 Å². The van der Waals surface area contributed by atoms with Gasteiger partial charge in [0, 0.05) is 32.5 Å². The van der Waals surface area contributed by atoms with E-state index in [0.29, 0.717) is 12.8 Å². The van der Waals surface area contributed by atoms with E-state index in [9.17, 15) is 16.6 Å². The molecule has 4 fully saturated rings. The van der Waals surface area contributed by atoms with E-state index in [1.54, 1.807) is 0 Å². The van der Waals surface area contributed by atoms with Gasteiger partial charge in [0.2, 0.25) is 0 Å². The summed E-state index contributed by atoms with van der Waals surface area (Å²) in [5.74, 6) is -0.846. The van der Waals surface area contributed by atoms with E-state index in [1.807, 2.05) is 30.3 Å². The number of fused-ring (bicyclic) bond motifs is 1. The first-order valence-corrected chi connectivity index (χ1v) is 14.1. The van der Waals surface area contributed by atoms with Gasteiger partial charge in [-0.25, -0.2) is 0 Å². The lowest BCUT2D eigenvalue weighted by atomic mass is 9.84.